The van der Waals surface area contributed by atoms with Gasteiger partial charge < -0.3 is 4.90 Å². The van der Waals surface area contributed by atoms with Crippen molar-refractivity contribution in [3.8, 4) is 0 Å². The highest BCUT2D eigenvalue weighted by Gasteiger charge is 2.39. The van der Waals surface area contributed by atoms with Gasteiger partial charge in [-0.15, -0.1) is 0 Å². The molecule has 0 radical (unpaired) electrons. The van der Waals surface area contributed by atoms with E-state index in [-0.39, 0.29) is 0 Å². The van der Waals surface area contributed by atoms with E-state index in [1.54, 1.807) is 0 Å². The maximum absolute atomic E-state index is 4.49. The molecule has 3 heteroatoms. The van der Waals surface area contributed by atoms with Gasteiger partial charge in [-0.3, -0.25) is 0 Å². The average Bonchev–Trinajstić information content (AvgIpc) is 2.86. The topological polar surface area (TPSA) is 29.0 Å². The third-order valence-electron chi connectivity index (χ3n) is 4.37. The van der Waals surface area contributed by atoms with E-state index in [2.05, 4.69) is 28.7 Å². The summed E-state index contributed by atoms with van der Waals surface area (Å²) in [4.78, 5) is 11.4. The molecule has 0 aromatic carbocycles. The van der Waals surface area contributed by atoms with Crippen molar-refractivity contribution in [3.63, 3.8) is 0 Å². The van der Waals surface area contributed by atoms with Gasteiger partial charge in [-0.2, -0.15) is 0 Å². The minimum atomic E-state index is 0.888. The first-order valence-corrected chi connectivity index (χ1v) is 6.82. The molecule has 92 valence electrons. The first-order chi connectivity index (χ1) is 8.26. The van der Waals surface area contributed by atoms with Crippen molar-refractivity contribution in [3.05, 3.63) is 18.0 Å². The molecule has 2 fully saturated rings. The summed E-state index contributed by atoms with van der Waals surface area (Å²) in [6.07, 6.45) is 7.75. The zero-order chi connectivity index (χ0) is 11.8. The highest BCUT2D eigenvalue weighted by molar-refractivity contribution is 5.32. The summed E-state index contributed by atoms with van der Waals surface area (Å²) in [5.41, 5.74) is 1.22. The maximum atomic E-state index is 4.49. The van der Waals surface area contributed by atoms with Crippen LogP contribution in [0.2, 0.25) is 0 Å². The Labute approximate surface area is 103 Å². The first-order valence-electron chi connectivity index (χ1n) is 6.82. The van der Waals surface area contributed by atoms with E-state index < -0.39 is 0 Å². The van der Waals surface area contributed by atoms with Gasteiger partial charge in [0.2, 0.25) is 5.95 Å². The number of rotatable bonds is 2. The Kier molecular flexibility index (Phi) is 2.77. The highest BCUT2D eigenvalue weighted by atomic mass is 15.3. The summed E-state index contributed by atoms with van der Waals surface area (Å²) < 4.78 is 0. The Morgan fingerprint density at radius 2 is 1.76 bits per heavy atom. The van der Waals surface area contributed by atoms with E-state index in [4.69, 9.17) is 0 Å². The van der Waals surface area contributed by atoms with Crippen molar-refractivity contribution in [2.75, 3.05) is 18.0 Å². The zero-order valence-electron chi connectivity index (χ0n) is 10.8. The molecule has 2 unspecified atom stereocenters. The molecule has 0 N–H and O–H groups in total. The van der Waals surface area contributed by atoms with Crippen molar-refractivity contribution in [1.82, 2.24) is 9.97 Å². The van der Waals surface area contributed by atoms with Crippen molar-refractivity contribution < 1.29 is 0 Å². The molecule has 1 aromatic heterocycles. The standard InChI is InChI=1S/C14H21N3/c1-3-11-6-15-14(16-7-11)17-8-12-4-10(2)5-13(12)9-17/h6-7,10,12-13H,3-5,8-9H2,1-2H3. The van der Waals surface area contributed by atoms with E-state index >= 15 is 0 Å². The van der Waals surface area contributed by atoms with Crippen LogP contribution in [0.1, 0.15) is 32.3 Å². The largest absolute Gasteiger partial charge is 0.340 e. The number of fused-ring (bicyclic) bond motifs is 1. The molecule has 0 spiro atoms. The summed E-state index contributed by atoms with van der Waals surface area (Å²) in [6, 6.07) is 0. The maximum Gasteiger partial charge on any atom is 0.225 e. The molecule has 1 aromatic rings. The Morgan fingerprint density at radius 3 is 2.29 bits per heavy atom. The second kappa shape index (κ2) is 4.28. The summed E-state index contributed by atoms with van der Waals surface area (Å²) in [5, 5.41) is 0. The number of hydrogen-bond acceptors (Lipinski definition) is 3. The van der Waals surface area contributed by atoms with E-state index in [0.29, 0.717) is 0 Å². The van der Waals surface area contributed by atoms with Crippen LogP contribution in [0.4, 0.5) is 5.95 Å². The number of aromatic nitrogens is 2. The van der Waals surface area contributed by atoms with Crippen molar-refractivity contribution >= 4 is 5.95 Å². The summed E-state index contributed by atoms with van der Waals surface area (Å²) in [6.45, 7) is 6.86. The van der Waals surface area contributed by atoms with E-state index in [0.717, 1.165) is 30.1 Å². The van der Waals surface area contributed by atoms with Gasteiger partial charge in [-0.05, 0) is 42.6 Å². The molecule has 1 aliphatic carbocycles. The van der Waals surface area contributed by atoms with Gasteiger partial charge >= 0.3 is 0 Å². The number of hydrogen-bond donors (Lipinski definition) is 0. The molecular formula is C14H21N3. The SMILES string of the molecule is CCc1cnc(N2CC3CC(C)CC3C2)nc1. The van der Waals surface area contributed by atoms with Crippen LogP contribution in [0.15, 0.2) is 12.4 Å². The number of anilines is 1. The van der Waals surface area contributed by atoms with Crippen LogP contribution in [-0.4, -0.2) is 23.1 Å². The molecule has 17 heavy (non-hydrogen) atoms. The predicted molar refractivity (Wildman–Crippen MR) is 69.0 cm³/mol. The second-order valence-electron chi connectivity index (χ2n) is 5.75. The molecule has 2 aliphatic rings. The molecular weight excluding hydrogens is 210 g/mol. The summed E-state index contributed by atoms with van der Waals surface area (Å²) in [5.74, 6) is 3.64. The van der Waals surface area contributed by atoms with Gasteiger partial charge in [0.1, 0.15) is 0 Å². The first kappa shape index (κ1) is 11.0. The van der Waals surface area contributed by atoms with Gasteiger partial charge in [0.15, 0.2) is 0 Å². The van der Waals surface area contributed by atoms with Gasteiger partial charge in [0.25, 0.3) is 0 Å². The lowest BCUT2D eigenvalue weighted by atomic mass is 10.0. The monoisotopic (exact) mass is 231 g/mol. The van der Waals surface area contributed by atoms with Crippen LogP contribution >= 0.6 is 0 Å². The molecule has 0 bridgehead atoms. The van der Waals surface area contributed by atoms with Crippen LogP contribution in [0.25, 0.3) is 0 Å². The average molecular weight is 231 g/mol. The van der Waals surface area contributed by atoms with Gasteiger partial charge in [0.05, 0.1) is 0 Å². The molecule has 0 amide bonds. The Morgan fingerprint density at radius 1 is 1.18 bits per heavy atom. The highest BCUT2D eigenvalue weighted by Crippen LogP contribution is 2.41. The molecule has 3 nitrogen and oxygen atoms in total. The van der Waals surface area contributed by atoms with Crippen LogP contribution in [-0.2, 0) is 6.42 Å². The molecule has 1 saturated carbocycles. The summed E-state index contributed by atoms with van der Waals surface area (Å²) >= 11 is 0. The Balaban J connectivity index is 1.70. The fourth-order valence-electron chi connectivity index (χ4n) is 3.46. The van der Waals surface area contributed by atoms with Crippen molar-refractivity contribution in [2.45, 2.75) is 33.1 Å². The Bertz CT molecular complexity index is 373. The smallest absolute Gasteiger partial charge is 0.225 e. The molecule has 1 saturated heterocycles. The van der Waals surface area contributed by atoms with Crippen molar-refractivity contribution in [1.29, 1.82) is 0 Å². The van der Waals surface area contributed by atoms with Crippen LogP contribution in [0, 0.1) is 17.8 Å². The lowest BCUT2D eigenvalue weighted by molar-refractivity contribution is 0.494. The molecule has 1 aliphatic heterocycles. The quantitative estimate of drug-likeness (QED) is 0.783. The van der Waals surface area contributed by atoms with Crippen molar-refractivity contribution in [2.24, 2.45) is 17.8 Å². The molecule has 3 rings (SSSR count). The molecule has 2 heterocycles. The number of aryl methyl sites for hydroxylation is 1. The van der Waals surface area contributed by atoms with Crippen LogP contribution in [0.5, 0.6) is 0 Å². The zero-order valence-corrected chi connectivity index (χ0v) is 10.8. The fourth-order valence-corrected chi connectivity index (χ4v) is 3.46. The van der Waals surface area contributed by atoms with E-state index in [1.165, 1.54) is 31.5 Å². The van der Waals surface area contributed by atoms with Crippen LogP contribution < -0.4 is 4.90 Å². The van der Waals surface area contributed by atoms with Gasteiger partial charge in [-0.1, -0.05) is 13.8 Å². The normalized spacial score (nSPS) is 31.9. The van der Waals surface area contributed by atoms with E-state index in [9.17, 15) is 0 Å². The lowest BCUT2D eigenvalue weighted by Crippen LogP contribution is -2.23. The predicted octanol–water partition coefficient (Wildman–Crippen LogP) is 2.52. The minimum Gasteiger partial charge on any atom is -0.340 e. The van der Waals surface area contributed by atoms with Gasteiger partial charge in [-0.25, -0.2) is 9.97 Å². The third-order valence-corrected chi connectivity index (χ3v) is 4.37. The summed E-state index contributed by atoms with van der Waals surface area (Å²) in [7, 11) is 0. The Hall–Kier alpha value is -1.12. The van der Waals surface area contributed by atoms with Gasteiger partial charge in [0, 0.05) is 25.5 Å². The fraction of sp³-hybridized carbons (Fsp3) is 0.714. The minimum absolute atomic E-state index is 0.888. The number of nitrogens with zero attached hydrogens (tertiary/aromatic N) is 3. The second-order valence-corrected chi connectivity index (χ2v) is 5.75. The lowest BCUT2D eigenvalue weighted by Gasteiger charge is -2.17. The molecule has 2 atom stereocenters. The van der Waals surface area contributed by atoms with Crippen LogP contribution in [0.3, 0.4) is 0 Å². The van der Waals surface area contributed by atoms with E-state index in [1.807, 2.05) is 12.4 Å². The third kappa shape index (κ3) is 2.03.